The van der Waals surface area contributed by atoms with Gasteiger partial charge in [-0.25, -0.2) is 0 Å². The summed E-state index contributed by atoms with van der Waals surface area (Å²) in [5, 5.41) is 3.53. The van der Waals surface area contributed by atoms with Gasteiger partial charge in [0.15, 0.2) is 0 Å². The lowest BCUT2D eigenvalue weighted by atomic mass is 9.89. The van der Waals surface area contributed by atoms with E-state index in [4.69, 9.17) is 0 Å². The highest BCUT2D eigenvalue weighted by atomic mass is 14.9. The third-order valence-electron chi connectivity index (χ3n) is 4.77. The predicted octanol–water partition coefficient (Wildman–Crippen LogP) is 4.41. The van der Waals surface area contributed by atoms with Crippen LogP contribution in [0.25, 0.3) is 0 Å². The van der Waals surface area contributed by atoms with Crippen molar-refractivity contribution in [2.45, 2.75) is 46.1 Å². The van der Waals surface area contributed by atoms with E-state index in [0.717, 1.165) is 0 Å². The zero-order valence-electron chi connectivity index (χ0n) is 13.6. The van der Waals surface area contributed by atoms with Gasteiger partial charge in [0.25, 0.3) is 0 Å². The van der Waals surface area contributed by atoms with Crippen molar-refractivity contribution in [3.05, 3.63) is 69.3 Å². The van der Waals surface area contributed by atoms with Crippen molar-refractivity contribution in [1.29, 1.82) is 0 Å². The topological polar surface area (TPSA) is 12.0 Å². The third kappa shape index (κ3) is 2.63. The molecule has 110 valence electrons. The molecule has 2 aromatic rings. The second kappa shape index (κ2) is 5.65. The molecular formula is C20H25N. The number of benzene rings is 2. The van der Waals surface area contributed by atoms with E-state index >= 15 is 0 Å². The van der Waals surface area contributed by atoms with Crippen molar-refractivity contribution in [3.63, 3.8) is 0 Å². The quantitative estimate of drug-likeness (QED) is 0.877. The van der Waals surface area contributed by atoms with Gasteiger partial charge in [-0.05, 0) is 80.5 Å². The van der Waals surface area contributed by atoms with Gasteiger partial charge in [0.1, 0.15) is 0 Å². The van der Waals surface area contributed by atoms with Crippen molar-refractivity contribution in [1.82, 2.24) is 5.32 Å². The molecule has 1 heteroatoms. The summed E-state index contributed by atoms with van der Waals surface area (Å²) < 4.78 is 0. The van der Waals surface area contributed by atoms with Crippen LogP contribution >= 0.6 is 0 Å². The summed E-state index contributed by atoms with van der Waals surface area (Å²) in [4.78, 5) is 0. The lowest BCUT2D eigenvalue weighted by molar-refractivity contribution is 0.682. The average Bonchev–Trinajstić information content (AvgIpc) is 2.89. The molecule has 0 bridgehead atoms. The number of rotatable bonds is 3. The molecule has 1 nitrogen and oxygen atoms in total. The molecule has 1 aliphatic carbocycles. The maximum Gasteiger partial charge on any atom is 0.0579 e. The van der Waals surface area contributed by atoms with Gasteiger partial charge in [-0.3, -0.25) is 0 Å². The van der Waals surface area contributed by atoms with E-state index in [0.29, 0.717) is 0 Å². The first-order chi connectivity index (χ1) is 10.1. The van der Waals surface area contributed by atoms with Gasteiger partial charge < -0.3 is 5.32 Å². The van der Waals surface area contributed by atoms with Crippen LogP contribution in [0, 0.1) is 20.8 Å². The fraction of sp³-hybridized carbons (Fsp3) is 0.400. The monoisotopic (exact) mass is 279 g/mol. The molecule has 1 N–H and O–H groups in total. The molecule has 1 aliphatic rings. The van der Waals surface area contributed by atoms with Crippen molar-refractivity contribution in [2.75, 3.05) is 7.05 Å². The van der Waals surface area contributed by atoms with Crippen LogP contribution in [0.15, 0.2) is 30.3 Å². The maximum atomic E-state index is 3.53. The highest BCUT2D eigenvalue weighted by molar-refractivity contribution is 5.46. The Morgan fingerprint density at radius 3 is 2.24 bits per heavy atom. The summed E-state index contributed by atoms with van der Waals surface area (Å²) in [6.45, 7) is 6.63. The van der Waals surface area contributed by atoms with Gasteiger partial charge in [-0.1, -0.05) is 35.9 Å². The SMILES string of the molecule is CNC(c1ccc2c(c1)CCC2)c1c(C)cc(C)cc1C. The number of hydrogen-bond donors (Lipinski definition) is 1. The van der Waals surface area contributed by atoms with Gasteiger partial charge in [-0.15, -0.1) is 0 Å². The molecule has 1 unspecified atom stereocenters. The Kier molecular flexibility index (Phi) is 3.86. The van der Waals surface area contributed by atoms with E-state index in [1.165, 1.54) is 47.1 Å². The van der Waals surface area contributed by atoms with Gasteiger partial charge >= 0.3 is 0 Å². The highest BCUT2D eigenvalue weighted by Gasteiger charge is 2.19. The molecule has 0 amide bonds. The minimum Gasteiger partial charge on any atom is -0.309 e. The van der Waals surface area contributed by atoms with Crippen LogP contribution in [0.1, 0.15) is 51.4 Å². The fourth-order valence-corrected chi connectivity index (χ4v) is 3.90. The Morgan fingerprint density at radius 2 is 1.57 bits per heavy atom. The van der Waals surface area contributed by atoms with E-state index in [9.17, 15) is 0 Å². The first-order valence-electron chi connectivity index (χ1n) is 7.97. The average molecular weight is 279 g/mol. The molecule has 0 aromatic heterocycles. The molecule has 3 rings (SSSR count). The lowest BCUT2D eigenvalue weighted by Crippen LogP contribution is -2.20. The van der Waals surface area contributed by atoms with Crippen molar-refractivity contribution in [2.24, 2.45) is 0 Å². The van der Waals surface area contributed by atoms with Crippen LogP contribution in [-0.2, 0) is 12.8 Å². The van der Waals surface area contributed by atoms with E-state index in [1.54, 1.807) is 11.1 Å². The second-order valence-electron chi connectivity index (χ2n) is 6.42. The second-order valence-corrected chi connectivity index (χ2v) is 6.42. The Hall–Kier alpha value is -1.60. The van der Waals surface area contributed by atoms with Gasteiger partial charge in [-0.2, -0.15) is 0 Å². The molecule has 21 heavy (non-hydrogen) atoms. The van der Waals surface area contributed by atoms with E-state index < -0.39 is 0 Å². The van der Waals surface area contributed by atoms with Crippen molar-refractivity contribution < 1.29 is 0 Å². The first-order valence-corrected chi connectivity index (χ1v) is 7.97. The van der Waals surface area contributed by atoms with Crippen LogP contribution in [0.4, 0.5) is 0 Å². The van der Waals surface area contributed by atoms with E-state index in [-0.39, 0.29) is 6.04 Å². The van der Waals surface area contributed by atoms with Crippen LogP contribution in [-0.4, -0.2) is 7.05 Å². The largest absolute Gasteiger partial charge is 0.309 e. The molecule has 0 radical (unpaired) electrons. The predicted molar refractivity (Wildman–Crippen MR) is 90.0 cm³/mol. The third-order valence-corrected chi connectivity index (χ3v) is 4.77. The summed E-state index contributed by atoms with van der Waals surface area (Å²) in [6.07, 6.45) is 3.81. The molecule has 2 aromatic carbocycles. The van der Waals surface area contributed by atoms with Crippen LogP contribution < -0.4 is 5.32 Å². The zero-order valence-corrected chi connectivity index (χ0v) is 13.6. The molecule has 0 fully saturated rings. The molecule has 0 saturated heterocycles. The number of fused-ring (bicyclic) bond motifs is 1. The minimum atomic E-state index is 0.288. The van der Waals surface area contributed by atoms with Gasteiger partial charge in [0.2, 0.25) is 0 Å². The van der Waals surface area contributed by atoms with E-state index in [2.05, 4.69) is 63.5 Å². The Balaban J connectivity index is 2.07. The Labute approximate surface area is 128 Å². The van der Waals surface area contributed by atoms with E-state index in [1.807, 2.05) is 0 Å². The minimum absolute atomic E-state index is 0.288. The Morgan fingerprint density at radius 1 is 0.905 bits per heavy atom. The molecular weight excluding hydrogens is 254 g/mol. The van der Waals surface area contributed by atoms with Crippen molar-refractivity contribution in [3.8, 4) is 0 Å². The molecule has 1 atom stereocenters. The normalized spacial score (nSPS) is 15.0. The molecule has 0 aliphatic heterocycles. The number of aryl methyl sites for hydroxylation is 5. The lowest BCUT2D eigenvalue weighted by Gasteiger charge is -2.23. The first kappa shape index (κ1) is 14.3. The van der Waals surface area contributed by atoms with Crippen LogP contribution in [0.3, 0.4) is 0 Å². The molecule has 0 spiro atoms. The zero-order chi connectivity index (χ0) is 15.0. The molecule has 0 saturated carbocycles. The summed E-state index contributed by atoms with van der Waals surface area (Å²) in [5.74, 6) is 0. The summed E-state index contributed by atoms with van der Waals surface area (Å²) in [7, 11) is 2.07. The van der Waals surface area contributed by atoms with Crippen LogP contribution in [0.2, 0.25) is 0 Å². The van der Waals surface area contributed by atoms with Crippen molar-refractivity contribution >= 4 is 0 Å². The number of nitrogens with one attached hydrogen (secondary N) is 1. The summed E-state index contributed by atoms with van der Waals surface area (Å²) in [5.41, 5.74) is 10.0. The van der Waals surface area contributed by atoms with Gasteiger partial charge in [0, 0.05) is 0 Å². The fourth-order valence-electron chi connectivity index (χ4n) is 3.90. The number of hydrogen-bond acceptors (Lipinski definition) is 1. The highest BCUT2D eigenvalue weighted by Crippen LogP contribution is 2.31. The Bertz CT molecular complexity index is 647. The van der Waals surface area contributed by atoms with Gasteiger partial charge in [0.05, 0.1) is 6.04 Å². The maximum absolute atomic E-state index is 3.53. The van der Waals surface area contributed by atoms with Crippen LogP contribution in [0.5, 0.6) is 0 Å². The summed E-state index contributed by atoms with van der Waals surface area (Å²) >= 11 is 0. The standard InChI is InChI=1S/C20H25N/c1-13-10-14(2)19(15(3)11-13)20(21-4)18-9-8-16-6-5-7-17(16)12-18/h8-12,20-21H,5-7H2,1-4H3. The summed E-state index contributed by atoms with van der Waals surface area (Å²) in [6, 6.07) is 11.9. The smallest absolute Gasteiger partial charge is 0.0579 e. The molecule has 0 heterocycles.